The molecule has 0 saturated carbocycles. The van der Waals surface area contributed by atoms with E-state index in [9.17, 15) is 9.90 Å². The number of hydrogen-bond acceptors (Lipinski definition) is 4. The number of nitrogens with zero attached hydrogens (tertiary/aromatic N) is 2. The second-order valence-corrected chi connectivity index (χ2v) is 9.97. The van der Waals surface area contributed by atoms with Crippen LogP contribution < -0.4 is 4.74 Å². The maximum absolute atomic E-state index is 11.2. The van der Waals surface area contributed by atoms with Crippen LogP contribution in [0.25, 0.3) is 22.4 Å². The summed E-state index contributed by atoms with van der Waals surface area (Å²) in [5, 5.41) is 10.4. The maximum Gasteiger partial charge on any atom is 0.335 e. The van der Waals surface area contributed by atoms with Crippen molar-refractivity contribution in [2.75, 3.05) is 13.2 Å². The Balaban J connectivity index is 1.18. The van der Waals surface area contributed by atoms with Crippen molar-refractivity contribution >= 4 is 40.2 Å². The van der Waals surface area contributed by atoms with Crippen molar-refractivity contribution < 1.29 is 14.6 Å². The number of H-pyrrole nitrogens is 1. The predicted molar refractivity (Wildman–Crippen MR) is 143 cm³/mol. The highest BCUT2D eigenvalue weighted by atomic mass is 35.5. The van der Waals surface area contributed by atoms with Gasteiger partial charge in [-0.25, -0.2) is 9.78 Å². The van der Waals surface area contributed by atoms with E-state index in [1.54, 1.807) is 18.2 Å². The molecule has 1 saturated heterocycles. The lowest BCUT2D eigenvalue weighted by Gasteiger charge is -2.36. The van der Waals surface area contributed by atoms with Crippen LogP contribution in [0.5, 0.6) is 5.75 Å². The van der Waals surface area contributed by atoms with Gasteiger partial charge in [0.25, 0.3) is 0 Å². The van der Waals surface area contributed by atoms with Crippen LogP contribution in [0.1, 0.15) is 41.6 Å². The summed E-state index contributed by atoms with van der Waals surface area (Å²) in [5.41, 5.74) is 3.75. The Morgan fingerprint density at radius 1 is 1.06 bits per heavy atom. The lowest BCUT2D eigenvalue weighted by molar-refractivity contribution is 0.0697. The number of ether oxygens (including phenoxy) is 1. The summed E-state index contributed by atoms with van der Waals surface area (Å²) < 4.78 is 6.07. The first-order chi connectivity index (χ1) is 17.5. The summed E-state index contributed by atoms with van der Waals surface area (Å²) in [6, 6.07) is 19.0. The Hall–Kier alpha value is -3.06. The summed E-state index contributed by atoms with van der Waals surface area (Å²) >= 11 is 12.3. The SMILES string of the molecule is O=C(O)c1ccc2nc(-c3ccc(OCCC4CCCCN4Cc4ccc(Cl)c(Cl)c4)cc3)[nH]c2c1. The third kappa shape index (κ3) is 5.67. The van der Waals surface area contributed by atoms with Crippen molar-refractivity contribution in [2.45, 2.75) is 38.3 Å². The average molecular weight is 524 g/mol. The molecule has 0 amide bonds. The van der Waals surface area contributed by atoms with E-state index in [-0.39, 0.29) is 5.56 Å². The molecule has 2 N–H and O–H groups in total. The van der Waals surface area contributed by atoms with Gasteiger partial charge in [0.05, 0.1) is 33.2 Å². The van der Waals surface area contributed by atoms with Crippen LogP contribution in [-0.2, 0) is 6.54 Å². The number of likely N-dealkylation sites (tertiary alicyclic amines) is 1. The fourth-order valence-electron chi connectivity index (χ4n) is 4.77. The number of fused-ring (bicyclic) bond motifs is 1. The van der Waals surface area contributed by atoms with Crippen LogP contribution in [0, 0.1) is 0 Å². The summed E-state index contributed by atoms with van der Waals surface area (Å²) in [6.07, 6.45) is 4.57. The highest BCUT2D eigenvalue weighted by Gasteiger charge is 2.22. The van der Waals surface area contributed by atoms with Crippen LogP contribution in [0.15, 0.2) is 60.7 Å². The lowest BCUT2D eigenvalue weighted by atomic mass is 9.99. The third-order valence-electron chi connectivity index (χ3n) is 6.70. The zero-order valence-electron chi connectivity index (χ0n) is 19.7. The molecule has 1 unspecified atom stereocenters. The number of hydrogen-bond donors (Lipinski definition) is 2. The molecule has 0 spiro atoms. The van der Waals surface area contributed by atoms with E-state index in [0.717, 1.165) is 36.3 Å². The first-order valence-electron chi connectivity index (χ1n) is 12.1. The molecule has 4 aromatic rings. The molecule has 1 aliphatic heterocycles. The number of nitrogens with one attached hydrogen (secondary N) is 1. The van der Waals surface area contributed by atoms with E-state index in [1.165, 1.54) is 24.8 Å². The van der Waals surface area contributed by atoms with Crippen LogP contribution in [0.2, 0.25) is 10.0 Å². The normalized spacial score (nSPS) is 16.3. The quantitative estimate of drug-likeness (QED) is 0.258. The highest BCUT2D eigenvalue weighted by molar-refractivity contribution is 6.42. The van der Waals surface area contributed by atoms with Crippen LogP contribution >= 0.6 is 23.2 Å². The molecule has 186 valence electrons. The van der Waals surface area contributed by atoms with Gasteiger partial charge in [-0.15, -0.1) is 0 Å². The molecule has 6 nitrogen and oxygen atoms in total. The minimum atomic E-state index is -0.958. The molecule has 3 aromatic carbocycles. The molecule has 1 atom stereocenters. The number of rotatable bonds is 8. The zero-order valence-corrected chi connectivity index (χ0v) is 21.2. The molecular formula is C28H27Cl2N3O3. The van der Waals surface area contributed by atoms with Crippen molar-refractivity contribution in [3.63, 3.8) is 0 Å². The molecular weight excluding hydrogens is 497 g/mol. The Bertz CT molecular complexity index is 1370. The summed E-state index contributed by atoms with van der Waals surface area (Å²) in [5.74, 6) is 0.550. The molecule has 1 fully saturated rings. The van der Waals surface area contributed by atoms with Crippen molar-refractivity contribution in [1.29, 1.82) is 0 Å². The van der Waals surface area contributed by atoms with Crippen molar-refractivity contribution in [3.8, 4) is 17.1 Å². The molecule has 0 radical (unpaired) electrons. The standard InChI is InChI=1S/C28H27Cl2N3O3/c29-23-10-4-18(15-24(23)30)17-33-13-2-1-3-21(33)12-14-36-22-8-5-19(6-9-22)27-31-25-11-7-20(28(34)35)16-26(25)32-27/h4-11,15-16,21H,1-3,12-14,17H2,(H,31,32)(H,34,35). The van der Waals surface area contributed by atoms with E-state index in [4.69, 9.17) is 27.9 Å². The van der Waals surface area contributed by atoms with Gasteiger partial charge in [0.1, 0.15) is 11.6 Å². The van der Waals surface area contributed by atoms with Crippen molar-refractivity contribution in [2.24, 2.45) is 0 Å². The monoisotopic (exact) mass is 523 g/mol. The number of carboxylic acids is 1. The van der Waals surface area contributed by atoms with E-state index in [0.29, 0.717) is 34.0 Å². The number of carboxylic acid groups (broad SMARTS) is 1. The Labute approximate surface area is 219 Å². The summed E-state index contributed by atoms with van der Waals surface area (Å²) in [7, 11) is 0. The largest absolute Gasteiger partial charge is 0.494 e. The van der Waals surface area contributed by atoms with Gasteiger partial charge in [0, 0.05) is 18.2 Å². The van der Waals surface area contributed by atoms with E-state index in [2.05, 4.69) is 14.9 Å². The second kappa shape index (κ2) is 10.9. The molecule has 36 heavy (non-hydrogen) atoms. The van der Waals surface area contributed by atoms with E-state index >= 15 is 0 Å². The van der Waals surface area contributed by atoms with Gasteiger partial charge < -0.3 is 14.8 Å². The molecule has 5 rings (SSSR count). The van der Waals surface area contributed by atoms with Crippen LogP contribution in [0.3, 0.4) is 0 Å². The number of benzene rings is 3. The zero-order chi connectivity index (χ0) is 25.1. The molecule has 8 heteroatoms. The fourth-order valence-corrected chi connectivity index (χ4v) is 5.09. The molecule has 1 aromatic heterocycles. The number of aromatic nitrogens is 2. The average Bonchev–Trinajstić information content (AvgIpc) is 3.31. The molecule has 2 heterocycles. The molecule has 0 bridgehead atoms. The summed E-state index contributed by atoms with van der Waals surface area (Å²) in [6.45, 7) is 2.58. The van der Waals surface area contributed by atoms with Gasteiger partial charge in [0.15, 0.2) is 0 Å². The number of aromatic amines is 1. The van der Waals surface area contributed by atoms with Crippen LogP contribution in [0.4, 0.5) is 0 Å². The number of piperidine rings is 1. The smallest absolute Gasteiger partial charge is 0.335 e. The van der Waals surface area contributed by atoms with E-state index in [1.807, 2.05) is 42.5 Å². The number of carbonyl (C=O) groups is 1. The van der Waals surface area contributed by atoms with Gasteiger partial charge in [-0.1, -0.05) is 35.7 Å². The Morgan fingerprint density at radius 2 is 1.89 bits per heavy atom. The van der Waals surface area contributed by atoms with Crippen molar-refractivity contribution in [1.82, 2.24) is 14.9 Å². The van der Waals surface area contributed by atoms with E-state index < -0.39 is 5.97 Å². The lowest BCUT2D eigenvalue weighted by Crippen LogP contribution is -2.39. The summed E-state index contributed by atoms with van der Waals surface area (Å²) in [4.78, 5) is 21.5. The van der Waals surface area contributed by atoms with Crippen LogP contribution in [-0.4, -0.2) is 45.1 Å². The second-order valence-electron chi connectivity index (χ2n) is 9.15. The Kier molecular flexibility index (Phi) is 7.46. The Morgan fingerprint density at radius 3 is 2.67 bits per heavy atom. The number of imidazole rings is 1. The first kappa shape index (κ1) is 24.6. The number of aromatic carboxylic acids is 1. The fraction of sp³-hybridized carbons (Fsp3) is 0.286. The first-order valence-corrected chi connectivity index (χ1v) is 12.9. The number of halogens is 2. The van der Waals surface area contributed by atoms with Gasteiger partial charge in [-0.3, -0.25) is 4.90 Å². The third-order valence-corrected chi connectivity index (χ3v) is 7.43. The minimum Gasteiger partial charge on any atom is -0.494 e. The van der Waals surface area contributed by atoms with Gasteiger partial charge >= 0.3 is 5.97 Å². The van der Waals surface area contributed by atoms with Gasteiger partial charge in [-0.05, 0) is 86.0 Å². The molecule has 1 aliphatic rings. The predicted octanol–water partition coefficient (Wildman–Crippen LogP) is 7.06. The van der Waals surface area contributed by atoms with Crippen molar-refractivity contribution in [3.05, 3.63) is 81.8 Å². The highest BCUT2D eigenvalue weighted by Crippen LogP contribution is 2.27. The minimum absolute atomic E-state index is 0.231. The topological polar surface area (TPSA) is 78.5 Å². The van der Waals surface area contributed by atoms with Gasteiger partial charge in [-0.2, -0.15) is 0 Å². The van der Waals surface area contributed by atoms with Gasteiger partial charge in [0.2, 0.25) is 0 Å². The maximum atomic E-state index is 11.2. The molecule has 0 aliphatic carbocycles.